The van der Waals surface area contributed by atoms with Gasteiger partial charge in [0, 0.05) is 13.1 Å². The number of hydrogen-bond donors (Lipinski definition) is 0. The lowest BCUT2D eigenvalue weighted by Crippen LogP contribution is -2.16. The number of hydrogen-bond acceptors (Lipinski definition) is 2. The van der Waals surface area contributed by atoms with Crippen molar-refractivity contribution in [1.82, 2.24) is 9.80 Å². The van der Waals surface area contributed by atoms with Gasteiger partial charge in [0.1, 0.15) is 0 Å². The van der Waals surface area contributed by atoms with E-state index in [0.29, 0.717) is 0 Å². The van der Waals surface area contributed by atoms with Gasteiger partial charge in [-0.1, -0.05) is 27.7 Å². The van der Waals surface area contributed by atoms with Crippen molar-refractivity contribution >= 4 is 0 Å². The van der Waals surface area contributed by atoms with E-state index in [1.165, 1.54) is 39.0 Å². The predicted octanol–water partition coefficient (Wildman–Crippen LogP) is 3.19. The van der Waals surface area contributed by atoms with Gasteiger partial charge in [-0.15, -0.1) is 0 Å². The third kappa shape index (κ3) is 5.27. The average molecular weight is 254 g/mol. The second-order valence-corrected chi connectivity index (χ2v) is 7.11. The molecule has 2 rings (SSSR count). The third-order valence-corrected chi connectivity index (χ3v) is 4.74. The minimum absolute atomic E-state index is 0.884. The number of nitrogens with zero attached hydrogens (tertiary/aromatic N) is 2. The second kappa shape index (κ2) is 7.49. The molecule has 2 nitrogen and oxygen atoms in total. The molecule has 0 aromatic carbocycles. The van der Waals surface area contributed by atoms with Crippen molar-refractivity contribution in [3.8, 4) is 0 Å². The molecule has 2 heteroatoms. The van der Waals surface area contributed by atoms with Crippen LogP contribution in [0.2, 0.25) is 0 Å². The van der Waals surface area contributed by atoms with E-state index in [1.54, 1.807) is 0 Å². The molecule has 108 valence electrons. The Balaban J connectivity index is 0.000000180. The van der Waals surface area contributed by atoms with E-state index < -0.39 is 0 Å². The summed E-state index contributed by atoms with van der Waals surface area (Å²) in [6.45, 7) is 14.5. The minimum Gasteiger partial charge on any atom is -0.306 e. The molecule has 0 bridgehead atoms. The molecular formula is C16H34N2. The predicted molar refractivity (Wildman–Crippen MR) is 80.9 cm³/mol. The fourth-order valence-corrected chi connectivity index (χ4v) is 3.03. The second-order valence-electron chi connectivity index (χ2n) is 7.11. The molecule has 0 saturated carbocycles. The van der Waals surface area contributed by atoms with Gasteiger partial charge in [-0.2, -0.15) is 0 Å². The molecule has 2 heterocycles. The van der Waals surface area contributed by atoms with Gasteiger partial charge >= 0.3 is 0 Å². The van der Waals surface area contributed by atoms with E-state index in [2.05, 4.69) is 51.6 Å². The highest BCUT2D eigenvalue weighted by atomic mass is 15.1. The first-order valence-corrected chi connectivity index (χ1v) is 7.77. The van der Waals surface area contributed by atoms with Gasteiger partial charge in [-0.25, -0.2) is 0 Å². The Morgan fingerprint density at radius 2 is 1.06 bits per heavy atom. The molecule has 2 aliphatic rings. The third-order valence-electron chi connectivity index (χ3n) is 4.74. The maximum Gasteiger partial charge on any atom is 0.000953 e. The Kier molecular flexibility index (Phi) is 6.65. The maximum absolute atomic E-state index is 2.42. The van der Waals surface area contributed by atoms with Gasteiger partial charge in [-0.05, 0) is 63.7 Å². The zero-order valence-corrected chi connectivity index (χ0v) is 13.4. The molecule has 0 amide bonds. The van der Waals surface area contributed by atoms with E-state index in [-0.39, 0.29) is 0 Å². The summed E-state index contributed by atoms with van der Waals surface area (Å²) in [5, 5.41) is 0. The molecule has 0 aromatic heterocycles. The fraction of sp³-hybridized carbons (Fsp3) is 1.00. The lowest BCUT2D eigenvalue weighted by atomic mass is 9.95. The van der Waals surface area contributed by atoms with Gasteiger partial charge in [0.2, 0.25) is 0 Å². The highest BCUT2D eigenvalue weighted by Crippen LogP contribution is 2.22. The SMILES string of the molecule is CC(C)C1CCN(C)C1.CC(C)C1CCN(C)C1. The van der Waals surface area contributed by atoms with Crippen LogP contribution >= 0.6 is 0 Å². The van der Waals surface area contributed by atoms with Crippen LogP contribution in [0.1, 0.15) is 40.5 Å². The molecular weight excluding hydrogens is 220 g/mol. The Morgan fingerprint density at radius 1 is 0.722 bits per heavy atom. The molecule has 18 heavy (non-hydrogen) atoms. The summed E-state index contributed by atoms with van der Waals surface area (Å²) in [7, 11) is 4.42. The topological polar surface area (TPSA) is 6.48 Å². The molecule has 2 atom stereocenters. The van der Waals surface area contributed by atoms with Crippen molar-refractivity contribution in [2.75, 3.05) is 40.3 Å². The lowest BCUT2D eigenvalue weighted by molar-refractivity contribution is 0.352. The molecule has 0 radical (unpaired) electrons. The monoisotopic (exact) mass is 254 g/mol. The Labute approximate surface area is 115 Å². The van der Waals surface area contributed by atoms with E-state index >= 15 is 0 Å². The van der Waals surface area contributed by atoms with Crippen LogP contribution in [0.25, 0.3) is 0 Å². The first-order chi connectivity index (χ1) is 8.40. The van der Waals surface area contributed by atoms with E-state index in [1.807, 2.05) is 0 Å². The summed E-state index contributed by atoms with van der Waals surface area (Å²) in [6.07, 6.45) is 2.82. The number of likely N-dealkylation sites (tertiary alicyclic amines) is 2. The smallest absolute Gasteiger partial charge is 0.000953 e. The van der Waals surface area contributed by atoms with Crippen LogP contribution in [0.3, 0.4) is 0 Å². The Morgan fingerprint density at radius 3 is 1.17 bits per heavy atom. The van der Waals surface area contributed by atoms with Gasteiger partial charge < -0.3 is 9.80 Å². The summed E-state index contributed by atoms with van der Waals surface area (Å²) in [6, 6.07) is 0. The molecule has 2 fully saturated rings. The maximum atomic E-state index is 2.42. The summed E-state index contributed by atoms with van der Waals surface area (Å²) in [5.74, 6) is 3.70. The van der Waals surface area contributed by atoms with Crippen molar-refractivity contribution in [2.45, 2.75) is 40.5 Å². The number of rotatable bonds is 2. The summed E-state index contributed by atoms with van der Waals surface area (Å²) in [5.41, 5.74) is 0. The first-order valence-electron chi connectivity index (χ1n) is 7.77. The van der Waals surface area contributed by atoms with Gasteiger partial charge in [-0.3, -0.25) is 0 Å². The Bertz CT molecular complexity index is 201. The van der Waals surface area contributed by atoms with Crippen LogP contribution < -0.4 is 0 Å². The summed E-state index contributed by atoms with van der Waals surface area (Å²) < 4.78 is 0. The standard InChI is InChI=1S/2C8H17N/c2*1-7(2)8-4-5-9(3)6-8/h2*7-8H,4-6H2,1-3H3. The van der Waals surface area contributed by atoms with Crippen molar-refractivity contribution in [3.05, 3.63) is 0 Å². The van der Waals surface area contributed by atoms with Crippen molar-refractivity contribution in [3.63, 3.8) is 0 Å². The molecule has 2 aliphatic heterocycles. The highest BCUT2D eigenvalue weighted by Gasteiger charge is 2.22. The Hall–Kier alpha value is -0.0800. The van der Waals surface area contributed by atoms with Crippen molar-refractivity contribution < 1.29 is 0 Å². The van der Waals surface area contributed by atoms with Crippen LogP contribution in [0.15, 0.2) is 0 Å². The highest BCUT2D eigenvalue weighted by molar-refractivity contribution is 4.75. The largest absolute Gasteiger partial charge is 0.306 e. The molecule has 0 aliphatic carbocycles. The van der Waals surface area contributed by atoms with Crippen LogP contribution in [-0.4, -0.2) is 50.1 Å². The van der Waals surface area contributed by atoms with Crippen molar-refractivity contribution in [1.29, 1.82) is 0 Å². The van der Waals surface area contributed by atoms with Crippen molar-refractivity contribution in [2.24, 2.45) is 23.7 Å². The van der Waals surface area contributed by atoms with Crippen LogP contribution in [0, 0.1) is 23.7 Å². The first kappa shape index (κ1) is 16.0. The molecule has 2 saturated heterocycles. The van der Waals surface area contributed by atoms with Crippen LogP contribution in [-0.2, 0) is 0 Å². The van der Waals surface area contributed by atoms with Crippen LogP contribution in [0.5, 0.6) is 0 Å². The van der Waals surface area contributed by atoms with E-state index in [0.717, 1.165) is 23.7 Å². The minimum atomic E-state index is 0.884. The molecule has 2 unspecified atom stereocenters. The zero-order valence-electron chi connectivity index (χ0n) is 13.4. The molecule has 0 spiro atoms. The lowest BCUT2D eigenvalue weighted by Gasteiger charge is -2.13. The van der Waals surface area contributed by atoms with Gasteiger partial charge in [0.05, 0.1) is 0 Å². The summed E-state index contributed by atoms with van der Waals surface area (Å²) >= 11 is 0. The average Bonchev–Trinajstić information content (AvgIpc) is 2.88. The van der Waals surface area contributed by atoms with Crippen LogP contribution in [0.4, 0.5) is 0 Å². The van der Waals surface area contributed by atoms with Gasteiger partial charge in [0.25, 0.3) is 0 Å². The van der Waals surface area contributed by atoms with E-state index in [4.69, 9.17) is 0 Å². The van der Waals surface area contributed by atoms with E-state index in [9.17, 15) is 0 Å². The molecule has 0 N–H and O–H groups in total. The summed E-state index contributed by atoms with van der Waals surface area (Å²) in [4.78, 5) is 4.84. The molecule has 0 aromatic rings. The normalized spacial score (nSPS) is 30.0. The fourth-order valence-electron chi connectivity index (χ4n) is 3.03. The zero-order chi connectivity index (χ0) is 13.7. The quantitative estimate of drug-likeness (QED) is 0.747. The van der Waals surface area contributed by atoms with Gasteiger partial charge in [0.15, 0.2) is 0 Å².